The third-order valence-corrected chi connectivity index (χ3v) is 9.62. The molecule has 13 heteroatoms. The van der Waals surface area contributed by atoms with Gasteiger partial charge in [0.2, 0.25) is 11.8 Å². The molecule has 0 bridgehead atoms. The Kier molecular flexibility index (Phi) is 5.77. The molecule has 1 aromatic carbocycles. The summed E-state index contributed by atoms with van der Waals surface area (Å²) in [5, 5.41) is 10.6. The molecule has 0 radical (unpaired) electrons. The molecule has 2 saturated heterocycles. The fraction of sp³-hybridized carbons (Fsp3) is 0.435. The van der Waals surface area contributed by atoms with E-state index < -0.39 is 74.7 Å². The van der Waals surface area contributed by atoms with E-state index in [0.29, 0.717) is 10.5 Å². The van der Waals surface area contributed by atoms with Crippen LogP contribution in [0, 0.1) is 23.6 Å². The molecule has 1 saturated carbocycles. The van der Waals surface area contributed by atoms with Crippen molar-refractivity contribution in [2.75, 3.05) is 12.6 Å². The van der Waals surface area contributed by atoms with E-state index in [1.165, 1.54) is 12.1 Å². The number of nitrogens with zero attached hydrogens (tertiary/aromatic N) is 2. The highest BCUT2D eigenvalue weighted by atomic mass is 79.9. The summed E-state index contributed by atoms with van der Waals surface area (Å²) in [5.74, 6) is -9.30. The number of rotatable bonds is 2. The summed E-state index contributed by atoms with van der Waals surface area (Å²) in [6, 6.07) is 3.68. The van der Waals surface area contributed by atoms with E-state index in [2.05, 4.69) is 20.7 Å². The number of likely N-dealkylation sites (tertiary alicyclic amines) is 2. The average Bonchev–Trinajstić information content (AvgIpc) is 3.19. The third kappa shape index (κ3) is 2.90. The Morgan fingerprint density at radius 2 is 1.89 bits per heavy atom. The molecule has 2 aliphatic heterocycles. The van der Waals surface area contributed by atoms with Crippen LogP contribution in [0.1, 0.15) is 24.3 Å². The van der Waals surface area contributed by atoms with Crippen molar-refractivity contribution >= 4 is 68.9 Å². The maximum Gasteiger partial charge on any atom is 0.423 e. The zero-order valence-corrected chi connectivity index (χ0v) is 21.6. The number of hydrogen-bond donors (Lipinski definition) is 1. The third-order valence-electron chi connectivity index (χ3n) is 7.70. The Hall–Kier alpha value is -2.50. The van der Waals surface area contributed by atoms with E-state index in [9.17, 15) is 33.5 Å². The number of methoxy groups -OCH3 is 1. The molecule has 3 fully saturated rings. The second kappa shape index (κ2) is 8.26. The number of alkyl halides is 3. The maximum absolute atomic E-state index is 14.5. The van der Waals surface area contributed by atoms with Crippen molar-refractivity contribution < 1.29 is 38.2 Å². The highest BCUT2D eigenvalue weighted by Crippen LogP contribution is 2.66. The number of ether oxygens (including phenoxy) is 1. The molecule has 9 nitrogen and oxygen atoms in total. The molecule has 5 rings (SSSR count). The standard InChI is InChI=1S/C23H18BrCl2FN2O7/c1-36-21(35)29-17(31)10-6-5-9-12(14(10)18(29)32)7-22(25)19(33)28(8-24)20(34)23(22,26)15(9)11-3-2-4-13(27)16(11)30/h2-5,10,12,14-15,30H,6-8H2,1H3. The molecule has 190 valence electrons. The smallest absolute Gasteiger partial charge is 0.423 e. The SMILES string of the molecule is COC(=O)N1C(=O)C2CC=C3C(CC4(Cl)C(=O)N(CBr)C(=O)C4(Cl)C3c3cccc(F)c3O)C2C1=O. The largest absolute Gasteiger partial charge is 0.505 e. The molecule has 6 unspecified atom stereocenters. The summed E-state index contributed by atoms with van der Waals surface area (Å²) in [7, 11) is 1.03. The molecule has 2 aliphatic carbocycles. The first-order valence-electron chi connectivity index (χ1n) is 10.9. The number of fused-ring (bicyclic) bond motifs is 4. The van der Waals surface area contributed by atoms with E-state index in [4.69, 9.17) is 23.2 Å². The number of allylic oxidation sites excluding steroid dienone is 2. The number of amides is 5. The lowest BCUT2D eigenvalue weighted by Crippen LogP contribution is -2.60. The van der Waals surface area contributed by atoms with Crippen molar-refractivity contribution in [2.24, 2.45) is 17.8 Å². The fourth-order valence-electron chi connectivity index (χ4n) is 6.13. The summed E-state index contributed by atoms with van der Waals surface area (Å²) in [5.41, 5.74) is 0.0381. The number of benzene rings is 1. The lowest BCUT2D eigenvalue weighted by atomic mass is 9.56. The number of aromatic hydroxyl groups is 1. The molecule has 6 atom stereocenters. The number of phenols is 1. The van der Waals surface area contributed by atoms with Crippen molar-refractivity contribution in [3.8, 4) is 5.75 Å². The number of halogens is 4. The summed E-state index contributed by atoms with van der Waals surface area (Å²) in [4.78, 5) is 62.4. The minimum atomic E-state index is -2.17. The van der Waals surface area contributed by atoms with Crippen molar-refractivity contribution in [3.63, 3.8) is 0 Å². The van der Waals surface area contributed by atoms with Crippen LogP contribution in [0.2, 0.25) is 0 Å². The molecule has 1 N–H and O–H groups in total. The van der Waals surface area contributed by atoms with Gasteiger partial charge in [0, 0.05) is 11.5 Å². The number of carbonyl (C=O) groups excluding carboxylic acids is 5. The highest BCUT2D eigenvalue weighted by Gasteiger charge is 2.76. The molecule has 4 aliphatic rings. The minimum absolute atomic E-state index is 0.00763. The van der Waals surface area contributed by atoms with Crippen molar-refractivity contribution in [3.05, 3.63) is 41.2 Å². The molecular weight excluding hydrogens is 586 g/mol. The monoisotopic (exact) mass is 602 g/mol. The predicted octanol–water partition coefficient (Wildman–Crippen LogP) is 3.01. The lowest BCUT2D eigenvalue weighted by molar-refractivity contribution is -0.140. The zero-order valence-electron chi connectivity index (χ0n) is 18.5. The predicted molar refractivity (Wildman–Crippen MR) is 126 cm³/mol. The van der Waals surface area contributed by atoms with E-state index in [0.717, 1.165) is 18.1 Å². The molecule has 5 amide bonds. The first kappa shape index (κ1) is 25.2. The number of hydrogen-bond acceptors (Lipinski definition) is 7. The Bertz CT molecular complexity index is 1290. The van der Waals surface area contributed by atoms with Crippen molar-refractivity contribution in [1.29, 1.82) is 0 Å². The summed E-state index contributed by atoms with van der Waals surface area (Å²) >= 11 is 17.0. The molecular formula is C23H18BrCl2FN2O7. The number of imide groups is 4. The molecule has 36 heavy (non-hydrogen) atoms. The number of carbonyl (C=O) groups is 5. The van der Waals surface area contributed by atoms with E-state index in [-0.39, 0.29) is 23.9 Å². The van der Waals surface area contributed by atoms with Gasteiger partial charge in [-0.2, -0.15) is 4.90 Å². The van der Waals surface area contributed by atoms with Crippen LogP contribution in [0.5, 0.6) is 5.75 Å². The fourth-order valence-corrected chi connectivity index (χ4v) is 7.55. The highest BCUT2D eigenvalue weighted by molar-refractivity contribution is 9.09. The van der Waals surface area contributed by atoms with Crippen molar-refractivity contribution in [2.45, 2.75) is 28.5 Å². The van der Waals surface area contributed by atoms with Gasteiger partial charge < -0.3 is 9.84 Å². The van der Waals surface area contributed by atoms with Crippen LogP contribution in [0.15, 0.2) is 29.8 Å². The van der Waals surface area contributed by atoms with Gasteiger partial charge in [-0.05, 0) is 24.8 Å². The second-order valence-corrected chi connectivity index (χ2v) is 10.9. The Morgan fingerprint density at radius 1 is 1.19 bits per heavy atom. The van der Waals surface area contributed by atoms with Gasteiger partial charge in [0.25, 0.3) is 11.8 Å². The van der Waals surface area contributed by atoms with Gasteiger partial charge in [0.15, 0.2) is 21.3 Å². The summed E-state index contributed by atoms with van der Waals surface area (Å²) in [6.45, 7) is 0. The van der Waals surface area contributed by atoms with Gasteiger partial charge in [0.05, 0.1) is 24.4 Å². The van der Waals surface area contributed by atoms with Crippen LogP contribution in [0.3, 0.4) is 0 Å². The topological polar surface area (TPSA) is 121 Å². The molecule has 0 aromatic heterocycles. The Morgan fingerprint density at radius 3 is 2.53 bits per heavy atom. The van der Waals surface area contributed by atoms with Gasteiger partial charge in [-0.15, -0.1) is 23.2 Å². The maximum atomic E-state index is 14.5. The summed E-state index contributed by atoms with van der Waals surface area (Å²) < 4.78 is 19.1. The second-order valence-electron chi connectivity index (χ2n) is 9.15. The molecule has 1 aromatic rings. The van der Waals surface area contributed by atoms with Gasteiger partial charge in [-0.3, -0.25) is 24.1 Å². The molecule has 2 heterocycles. The van der Waals surface area contributed by atoms with Gasteiger partial charge in [0.1, 0.15) is 0 Å². The van der Waals surface area contributed by atoms with E-state index >= 15 is 0 Å². The first-order valence-corrected chi connectivity index (χ1v) is 12.8. The molecule has 0 spiro atoms. The van der Waals surface area contributed by atoms with Crippen LogP contribution in [-0.2, 0) is 23.9 Å². The van der Waals surface area contributed by atoms with Crippen LogP contribution in [0.25, 0.3) is 0 Å². The quantitative estimate of drug-likeness (QED) is 0.239. The number of phenolic OH excluding ortho intramolecular Hbond substituents is 1. The zero-order chi connectivity index (χ0) is 26.3. The first-order chi connectivity index (χ1) is 16.9. The Balaban J connectivity index is 1.74. The lowest BCUT2D eigenvalue weighted by Gasteiger charge is -2.50. The van der Waals surface area contributed by atoms with Gasteiger partial charge in [-0.25, -0.2) is 9.18 Å². The summed E-state index contributed by atoms with van der Waals surface area (Å²) in [6.07, 6.45) is 0.163. The van der Waals surface area contributed by atoms with Crippen LogP contribution >= 0.6 is 39.1 Å². The van der Waals surface area contributed by atoms with E-state index in [1.807, 2.05) is 0 Å². The van der Waals surface area contributed by atoms with Gasteiger partial charge >= 0.3 is 6.09 Å². The van der Waals surface area contributed by atoms with Crippen LogP contribution in [-0.4, -0.2) is 66.9 Å². The van der Waals surface area contributed by atoms with Gasteiger partial charge in [-0.1, -0.05) is 39.7 Å². The van der Waals surface area contributed by atoms with Crippen LogP contribution in [0.4, 0.5) is 9.18 Å². The minimum Gasteiger partial charge on any atom is -0.505 e. The normalized spacial score (nSPS) is 35.4. The average molecular weight is 604 g/mol. The van der Waals surface area contributed by atoms with Crippen LogP contribution < -0.4 is 0 Å². The van der Waals surface area contributed by atoms with Crippen molar-refractivity contribution in [1.82, 2.24) is 9.80 Å². The number of para-hydroxylation sites is 1. The van der Waals surface area contributed by atoms with E-state index in [1.54, 1.807) is 6.08 Å². The Labute approximate surface area is 222 Å².